The first-order chi connectivity index (χ1) is 13.6. The number of nitro groups is 1. The first-order valence-electron chi connectivity index (χ1n) is 9.90. The maximum atomic E-state index is 12.7. The molecule has 1 aromatic carbocycles. The number of nitro benzene ring substituents is 1. The quantitative estimate of drug-likeness (QED) is 0.545. The zero-order chi connectivity index (χ0) is 21.6. The van der Waals surface area contributed by atoms with Crippen molar-refractivity contribution in [2.45, 2.75) is 33.2 Å². The molecular weight excluding hydrogens is 374 g/mol. The number of likely N-dealkylation sites (N-methyl/N-ethyl adjacent to an activating group) is 1. The normalized spacial score (nSPS) is 14.8. The van der Waals surface area contributed by atoms with E-state index in [1.54, 1.807) is 23.1 Å². The van der Waals surface area contributed by atoms with E-state index >= 15 is 0 Å². The second-order valence-electron chi connectivity index (χ2n) is 8.22. The average Bonchev–Trinajstić information content (AvgIpc) is 2.66. The molecule has 1 aromatic rings. The minimum atomic E-state index is -0.380. The Balaban J connectivity index is 1.89. The fourth-order valence-corrected chi connectivity index (χ4v) is 3.31. The van der Waals surface area contributed by atoms with Crippen LogP contribution in [0.5, 0.6) is 0 Å². The van der Waals surface area contributed by atoms with Gasteiger partial charge in [0.25, 0.3) is 5.69 Å². The molecule has 29 heavy (non-hydrogen) atoms. The number of piperazine rings is 1. The topological polar surface area (TPSA) is 99.0 Å². The molecule has 1 heterocycles. The van der Waals surface area contributed by atoms with Crippen molar-refractivity contribution in [3.8, 4) is 0 Å². The van der Waals surface area contributed by atoms with Crippen LogP contribution in [0.2, 0.25) is 0 Å². The molecule has 1 aliphatic heterocycles. The third-order valence-electron chi connectivity index (χ3n) is 4.74. The van der Waals surface area contributed by atoms with Gasteiger partial charge in [-0.1, -0.05) is 19.1 Å². The fraction of sp³-hybridized carbons (Fsp3) is 0.600. The van der Waals surface area contributed by atoms with Crippen LogP contribution in [0.25, 0.3) is 0 Å². The van der Waals surface area contributed by atoms with E-state index in [4.69, 9.17) is 0 Å². The number of rotatable bonds is 7. The summed E-state index contributed by atoms with van der Waals surface area (Å²) in [5.41, 5.74) is 0.351. The molecule has 2 amide bonds. The van der Waals surface area contributed by atoms with Gasteiger partial charge in [0.2, 0.25) is 11.8 Å². The van der Waals surface area contributed by atoms with E-state index in [2.05, 4.69) is 5.32 Å². The van der Waals surface area contributed by atoms with Crippen molar-refractivity contribution in [3.05, 3.63) is 34.4 Å². The predicted octanol–water partition coefficient (Wildman–Crippen LogP) is 1.48. The maximum Gasteiger partial charge on any atom is 0.292 e. The van der Waals surface area contributed by atoms with E-state index in [-0.39, 0.29) is 41.1 Å². The lowest BCUT2D eigenvalue weighted by molar-refractivity contribution is -0.384. The Labute approximate surface area is 171 Å². The Hall–Kier alpha value is -2.68. The molecule has 1 fully saturated rings. The van der Waals surface area contributed by atoms with Gasteiger partial charge in [0, 0.05) is 37.8 Å². The van der Waals surface area contributed by atoms with E-state index < -0.39 is 0 Å². The molecule has 1 saturated heterocycles. The number of hydrogen-bond acceptors (Lipinski definition) is 6. The lowest BCUT2D eigenvalue weighted by Gasteiger charge is -2.36. The SMILES string of the molecule is CCN(CC(=O)NC(C)(C)C)CC(=O)N1CCN(c2ccccc2[N+](=O)[O-])CC1. The molecule has 0 aromatic heterocycles. The highest BCUT2D eigenvalue weighted by Gasteiger charge is 2.26. The first-order valence-corrected chi connectivity index (χ1v) is 9.90. The molecule has 1 aliphatic rings. The van der Waals surface area contributed by atoms with Crippen molar-refractivity contribution in [2.75, 3.05) is 50.7 Å². The second kappa shape index (κ2) is 9.69. The number of benzene rings is 1. The van der Waals surface area contributed by atoms with E-state index in [1.807, 2.05) is 37.5 Å². The van der Waals surface area contributed by atoms with Crippen molar-refractivity contribution in [1.29, 1.82) is 0 Å². The van der Waals surface area contributed by atoms with Crippen LogP contribution in [-0.4, -0.2) is 77.9 Å². The van der Waals surface area contributed by atoms with Gasteiger partial charge in [0.1, 0.15) is 5.69 Å². The maximum absolute atomic E-state index is 12.7. The molecule has 0 unspecified atom stereocenters. The summed E-state index contributed by atoms with van der Waals surface area (Å²) in [6, 6.07) is 6.66. The Morgan fingerprint density at radius 2 is 1.76 bits per heavy atom. The number of nitrogens with one attached hydrogen (secondary N) is 1. The van der Waals surface area contributed by atoms with Crippen molar-refractivity contribution in [3.63, 3.8) is 0 Å². The number of hydrogen-bond donors (Lipinski definition) is 1. The summed E-state index contributed by atoms with van der Waals surface area (Å²) >= 11 is 0. The van der Waals surface area contributed by atoms with Crippen molar-refractivity contribution in [2.24, 2.45) is 0 Å². The second-order valence-corrected chi connectivity index (χ2v) is 8.22. The number of nitrogens with zero attached hydrogens (tertiary/aromatic N) is 4. The van der Waals surface area contributed by atoms with E-state index in [1.165, 1.54) is 6.07 Å². The molecule has 1 N–H and O–H groups in total. The van der Waals surface area contributed by atoms with E-state index in [9.17, 15) is 19.7 Å². The average molecular weight is 405 g/mol. The molecule has 0 saturated carbocycles. The Kier molecular flexibility index (Phi) is 7.55. The van der Waals surface area contributed by atoms with Gasteiger partial charge in [0.05, 0.1) is 18.0 Å². The number of carbonyl (C=O) groups is 2. The summed E-state index contributed by atoms with van der Waals surface area (Å²) in [6.45, 7) is 10.7. The molecule has 0 aliphatic carbocycles. The minimum absolute atomic E-state index is 0.0300. The molecule has 2 rings (SSSR count). The molecule has 0 radical (unpaired) electrons. The monoisotopic (exact) mass is 405 g/mol. The van der Waals surface area contributed by atoms with Crippen LogP contribution in [0.15, 0.2) is 24.3 Å². The number of anilines is 1. The van der Waals surface area contributed by atoms with Gasteiger partial charge < -0.3 is 15.1 Å². The Bertz CT molecular complexity index is 739. The summed E-state index contributed by atoms with van der Waals surface area (Å²) in [5, 5.41) is 14.2. The van der Waals surface area contributed by atoms with Crippen LogP contribution >= 0.6 is 0 Å². The van der Waals surface area contributed by atoms with Crippen LogP contribution in [0.3, 0.4) is 0 Å². The summed E-state index contributed by atoms with van der Waals surface area (Å²) in [6.07, 6.45) is 0. The van der Waals surface area contributed by atoms with Gasteiger partial charge in [0.15, 0.2) is 0 Å². The first kappa shape index (κ1) is 22.6. The molecule has 0 bridgehead atoms. The third kappa shape index (κ3) is 6.70. The molecule has 0 atom stereocenters. The number of amides is 2. The van der Waals surface area contributed by atoms with Crippen molar-refractivity contribution < 1.29 is 14.5 Å². The van der Waals surface area contributed by atoms with Crippen LogP contribution in [0, 0.1) is 10.1 Å². The lowest BCUT2D eigenvalue weighted by atomic mass is 10.1. The van der Waals surface area contributed by atoms with Gasteiger partial charge >= 0.3 is 0 Å². The molecular formula is C20H31N5O4. The van der Waals surface area contributed by atoms with Crippen LogP contribution in [0.1, 0.15) is 27.7 Å². The zero-order valence-electron chi connectivity index (χ0n) is 17.7. The molecule has 9 heteroatoms. The van der Waals surface area contributed by atoms with E-state index in [0.717, 1.165) is 0 Å². The highest BCUT2D eigenvalue weighted by Crippen LogP contribution is 2.28. The summed E-state index contributed by atoms with van der Waals surface area (Å²) < 4.78 is 0. The Morgan fingerprint density at radius 3 is 2.31 bits per heavy atom. The molecule has 0 spiro atoms. The van der Waals surface area contributed by atoms with Crippen LogP contribution in [-0.2, 0) is 9.59 Å². The highest BCUT2D eigenvalue weighted by molar-refractivity contribution is 5.81. The van der Waals surface area contributed by atoms with Gasteiger partial charge in [-0.05, 0) is 33.4 Å². The van der Waals surface area contributed by atoms with Crippen molar-refractivity contribution >= 4 is 23.2 Å². The van der Waals surface area contributed by atoms with Gasteiger partial charge in [-0.2, -0.15) is 0 Å². The summed E-state index contributed by atoms with van der Waals surface area (Å²) in [7, 11) is 0. The van der Waals surface area contributed by atoms with Gasteiger partial charge in [-0.25, -0.2) is 0 Å². The largest absolute Gasteiger partial charge is 0.362 e. The summed E-state index contributed by atoms with van der Waals surface area (Å²) in [4.78, 5) is 41.2. The van der Waals surface area contributed by atoms with Gasteiger partial charge in [-0.3, -0.25) is 24.6 Å². The zero-order valence-corrected chi connectivity index (χ0v) is 17.7. The fourth-order valence-electron chi connectivity index (χ4n) is 3.31. The summed E-state index contributed by atoms with van der Waals surface area (Å²) in [5.74, 6) is -0.133. The predicted molar refractivity (Wildman–Crippen MR) is 112 cm³/mol. The van der Waals surface area contributed by atoms with Crippen LogP contribution in [0.4, 0.5) is 11.4 Å². The number of para-hydroxylation sites is 2. The van der Waals surface area contributed by atoms with Crippen molar-refractivity contribution in [1.82, 2.24) is 15.1 Å². The molecule has 160 valence electrons. The van der Waals surface area contributed by atoms with E-state index in [0.29, 0.717) is 38.4 Å². The standard InChI is InChI=1S/C20H31N5O4/c1-5-22(14-18(26)21-20(2,3)4)15-19(27)24-12-10-23(11-13-24)16-8-6-7-9-17(16)25(28)29/h6-9H,5,10-15H2,1-4H3,(H,21,26). The smallest absolute Gasteiger partial charge is 0.292 e. The van der Waals surface area contributed by atoms with Gasteiger partial charge in [-0.15, -0.1) is 0 Å². The Morgan fingerprint density at radius 1 is 1.14 bits per heavy atom. The highest BCUT2D eigenvalue weighted by atomic mass is 16.6. The lowest BCUT2D eigenvalue weighted by Crippen LogP contribution is -2.52. The minimum Gasteiger partial charge on any atom is -0.362 e. The number of carbonyl (C=O) groups excluding carboxylic acids is 2. The third-order valence-corrected chi connectivity index (χ3v) is 4.74. The molecule has 9 nitrogen and oxygen atoms in total. The van der Waals surface area contributed by atoms with Crippen LogP contribution < -0.4 is 10.2 Å².